The number of piperazine rings is 1. The Morgan fingerprint density at radius 2 is 1.30 bits per heavy atom. The number of rotatable bonds is 6. The molecule has 0 N–H and O–H groups in total. The Hall–Kier alpha value is -3.09. The molecule has 0 bridgehead atoms. The number of ether oxygens (including phenoxy) is 2. The lowest BCUT2D eigenvalue weighted by Crippen LogP contribution is -2.52. The van der Waals surface area contributed by atoms with E-state index in [2.05, 4.69) is 0 Å². The number of carbonyl (C=O) groups excluding carboxylic acids is 2. The maximum atomic E-state index is 13.5. The number of carbonyl (C=O) groups is 2. The summed E-state index contributed by atoms with van der Waals surface area (Å²) in [6.07, 6.45) is 0. The molecular formula is C20H21FN2O4. The lowest BCUT2D eigenvalue weighted by molar-refractivity contribution is -0.141. The zero-order valence-electron chi connectivity index (χ0n) is 14.8. The minimum Gasteiger partial charge on any atom is -0.484 e. The van der Waals surface area contributed by atoms with Crippen molar-refractivity contribution in [1.29, 1.82) is 0 Å². The van der Waals surface area contributed by atoms with Crippen molar-refractivity contribution in [2.75, 3.05) is 39.4 Å². The largest absolute Gasteiger partial charge is 0.484 e. The van der Waals surface area contributed by atoms with Crippen LogP contribution in [0.5, 0.6) is 11.5 Å². The van der Waals surface area contributed by atoms with Gasteiger partial charge in [-0.05, 0) is 24.3 Å². The molecule has 3 rings (SSSR count). The van der Waals surface area contributed by atoms with E-state index in [1.54, 1.807) is 34.1 Å². The molecule has 142 valence electrons. The summed E-state index contributed by atoms with van der Waals surface area (Å²) in [7, 11) is 0. The molecule has 0 radical (unpaired) electrons. The topological polar surface area (TPSA) is 59.1 Å². The monoisotopic (exact) mass is 372 g/mol. The molecule has 1 fully saturated rings. The Bertz CT molecular complexity index is 777. The lowest BCUT2D eigenvalue weighted by Gasteiger charge is -2.34. The van der Waals surface area contributed by atoms with Crippen molar-refractivity contribution in [3.8, 4) is 11.5 Å². The van der Waals surface area contributed by atoms with E-state index in [4.69, 9.17) is 9.47 Å². The summed E-state index contributed by atoms with van der Waals surface area (Å²) < 4.78 is 24.2. The van der Waals surface area contributed by atoms with Crippen LogP contribution in [0.25, 0.3) is 0 Å². The van der Waals surface area contributed by atoms with Crippen LogP contribution in [-0.4, -0.2) is 61.0 Å². The van der Waals surface area contributed by atoms with Crippen LogP contribution < -0.4 is 9.47 Å². The van der Waals surface area contributed by atoms with Gasteiger partial charge in [-0.2, -0.15) is 0 Å². The standard InChI is InChI=1S/C20H21FN2O4/c21-17-8-4-5-9-18(17)27-15-20(25)23-12-10-22(11-13-23)19(24)14-26-16-6-2-1-3-7-16/h1-9H,10-15H2. The van der Waals surface area contributed by atoms with E-state index < -0.39 is 5.82 Å². The summed E-state index contributed by atoms with van der Waals surface area (Å²) in [5.74, 6) is -0.152. The van der Waals surface area contributed by atoms with Crippen molar-refractivity contribution in [2.45, 2.75) is 0 Å². The van der Waals surface area contributed by atoms with E-state index in [1.807, 2.05) is 18.2 Å². The first-order chi connectivity index (χ1) is 13.1. The minimum atomic E-state index is -0.501. The molecule has 1 aliphatic heterocycles. The van der Waals surface area contributed by atoms with Gasteiger partial charge in [-0.15, -0.1) is 0 Å². The van der Waals surface area contributed by atoms with Crippen molar-refractivity contribution in [2.24, 2.45) is 0 Å². The lowest BCUT2D eigenvalue weighted by atomic mass is 10.3. The SMILES string of the molecule is O=C(COc1ccccc1)N1CCN(C(=O)COc2ccccc2F)CC1. The van der Waals surface area contributed by atoms with Gasteiger partial charge in [0.25, 0.3) is 11.8 Å². The molecule has 27 heavy (non-hydrogen) atoms. The number of hydrogen-bond acceptors (Lipinski definition) is 4. The quantitative estimate of drug-likeness (QED) is 0.778. The van der Waals surface area contributed by atoms with Crippen molar-refractivity contribution < 1.29 is 23.5 Å². The van der Waals surface area contributed by atoms with Gasteiger partial charge in [-0.25, -0.2) is 4.39 Å². The fraction of sp³-hybridized carbons (Fsp3) is 0.300. The Kier molecular flexibility index (Phi) is 6.25. The maximum absolute atomic E-state index is 13.5. The third-order valence-electron chi connectivity index (χ3n) is 4.28. The summed E-state index contributed by atoms with van der Waals surface area (Å²) in [6, 6.07) is 15.1. The molecule has 7 heteroatoms. The second-order valence-electron chi connectivity index (χ2n) is 6.08. The van der Waals surface area contributed by atoms with Gasteiger partial charge in [-0.1, -0.05) is 30.3 Å². The molecule has 1 heterocycles. The first-order valence-corrected chi connectivity index (χ1v) is 8.74. The number of para-hydroxylation sites is 2. The van der Waals surface area contributed by atoms with Crippen LogP contribution in [0.4, 0.5) is 4.39 Å². The fourth-order valence-corrected chi connectivity index (χ4v) is 2.75. The molecule has 1 aliphatic rings. The molecule has 6 nitrogen and oxygen atoms in total. The highest BCUT2D eigenvalue weighted by Gasteiger charge is 2.24. The Balaban J connectivity index is 1.40. The van der Waals surface area contributed by atoms with Crippen LogP contribution in [0.1, 0.15) is 0 Å². The number of benzene rings is 2. The number of halogens is 1. The summed E-state index contributed by atoms with van der Waals surface area (Å²) in [4.78, 5) is 27.7. The zero-order chi connectivity index (χ0) is 19.1. The van der Waals surface area contributed by atoms with E-state index in [0.717, 1.165) is 0 Å². The van der Waals surface area contributed by atoms with Gasteiger partial charge in [0, 0.05) is 26.2 Å². The molecule has 0 aromatic heterocycles. The van der Waals surface area contributed by atoms with Crippen LogP contribution in [0.2, 0.25) is 0 Å². The van der Waals surface area contributed by atoms with Crippen LogP contribution in [0, 0.1) is 5.82 Å². The van der Waals surface area contributed by atoms with Gasteiger partial charge in [0.1, 0.15) is 5.75 Å². The second-order valence-corrected chi connectivity index (χ2v) is 6.08. The van der Waals surface area contributed by atoms with Gasteiger partial charge in [0.2, 0.25) is 0 Å². The van der Waals surface area contributed by atoms with Gasteiger partial charge < -0.3 is 19.3 Å². The Labute approximate surface area is 157 Å². The summed E-state index contributed by atoms with van der Waals surface area (Å²) in [5.41, 5.74) is 0. The molecular weight excluding hydrogens is 351 g/mol. The first kappa shape index (κ1) is 18.7. The van der Waals surface area contributed by atoms with Gasteiger partial charge in [0.15, 0.2) is 24.8 Å². The summed E-state index contributed by atoms with van der Waals surface area (Å²) in [6.45, 7) is 1.43. The average Bonchev–Trinajstić information content (AvgIpc) is 2.72. The van der Waals surface area contributed by atoms with Crippen molar-refractivity contribution in [1.82, 2.24) is 9.80 Å². The molecule has 2 amide bonds. The third-order valence-corrected chi connectivity index (χ3v) is 4.28. The van der Waals surface area contributed by atoms with Gasteiger partial charge in [-0.3, -0.25) is 9.59 Å². The van der Waals surface area contributed by atoms with Crippen molar-refractivity contribution in [3.63, 3.8) is 0 Å². The van der Waals surface area contributed by atoms with E-state index in [-0.39, 0.29) is 30.8 Å². The van der Waals surface area contributed by atoms with E-state index in [1.165, 1.54) is 12.1 Å². The number of amides is 2. The molecule has 0 spiro atoms. The summed E-state index contributed by atoms with van der Waals surface area (Å²) >= 11 is 0. The summed E-state index contributed by atoms with van der Waals surface area (Å²) in [5, 5.41) is 0. The molecule has 0 aliphatic carbocycles. The highest BCUT2D eigenvalue weighted by atomic mass is 19.1. The van der Waals surface area contributed by atoms with Gasteiger partial charge >= 0.3 is 0 Å². The molecule has 0 saturated carbocycles. The maximum Gasteiger partial charge on any atom is 0.260 e. The van der Waals surface area contributed by atoms with Crippen LogP contribution >= 0.6 is 0 Å². The molecule has 1 saturated heterocycles. The van der Waals surface area contributed by atoms with E-state index in [9.17, 15) is 14.0 Å². The number of nitrogens with zero attached hydrogens (tertiary/aromatic N) is 2. The van der Waals surface area contributed by atoms with Crippen LogP contribution in [0.15, 0.2) is 54.6 Å². The average molecular weight is 372 g/mol. The van der Waals surface area contributed by atoms with E-state index in [0.29, 0.717) is 31.9 Å². The Morgan fingerprint density at radius 1 is 0.778 bits per heavy atom. The Morgan fingerprint density at radius 3 is 1.89 bits per heavy atom. The van der Waals surface area contributed by atoms with E-state index >= 15 is 0 Å². The minimum absolute atomic E-state index is 0.0334. The molecule has 0 atom stereocenters. The third kappa shape index (κ3) is 5.20. The highest BCUT2D eigenvalue weighted by Crippen LogP contribution is 2.15. The molecule has 2 aromatic rings. The van der Waals surface area contributed by atoms with Crippen molar-refractivity contribution in [3.05, 3.63) is 60.4 Å². The molecule has 0 unspecified atom stereocenters. The van der Waals surface area contributed by atoms with Crippen LogP contribution in [-0.2, 0) is 9.59 Å². The molecule has 2 aromatic carbocycles. The van der Waals surface area contributed by atoms with Gasteiger partial charge in [0.05, 0.1) is 0 Å². The second kappa shape index (κ2) is 9.02. The zero-order valence-corrected chi connectivity index (χ0v) is 14.8. The number of hydrogen-bond donors (Lipinski definition) is 0. The first-order valence-electron chi connectivity index (χ1n) is 8.74. The normalized spacial score (nSPS) is 14.0. The predicted octanol–water partition coefficient (Wildman–Crippen LogP) is 1.95. The smallest absolute Gasteiger partial charge is 0.260 e. The predicted molar refractivity (Wildman–Crippen MR) is 97.0 cm³/mol. The highest BCUT2D eigenvalue weighted by molar-refractivity contribution is 5.80. The van der Waals surface area contributed by atoms with Crippen molar-refractivity contribution >= 4 is 11.8 Å². The fourth-order valence-electron chi connectivity index (χ4n) is 2.75. The van der Waals surface area contributed by atoms with Crippen LogP contribution in [0.3, 0.4) is 0 Å².